The monoisotopic (exact) mass is 135 g/mol. The maximum absolute atomic E-state index is 8.72. The Hall–Kier alpha value is -0.550. The van der Waals surface area contributed by atoms with E-state index in [1.54, 1.807) is 0 Å². The molecule has 0 radical (unpaired) electrons. The van der Waals surface area contributed by atoms with Crippen molar-refractivity contribution < 1.29 is 4.74 Å². The van der Waals surface area contributed by atoms with E-state index in [2.05, 4.69) is 6.07 Å². The molecule has 0 amide bonds. The van der Waals surface area contributed by atoms with Gasteiger partial charge in [-0.05, 0) is 18.8 Å². The van der Waals surface area contributed by atoms with Crippen LogP contribution in [0.4, 0.5) is 0 Å². The predicted molar refractivity (Wildman–Crippen MR) is 34.0 cm³/mol. The zero-order valence-corrected chi connectivity index (χ0v) is 5.66. The first-order valence-corrected chi connectivity index (χ1v) is 3.95. The van der Waals surface area contributed by atoms with E-state index >= 15 is 0 Å². The Morgan fingerprint density at radius 2 is 2.20 bits per heavy atom. The van der Waals surface area contributed by atoms with Crippen LogP contribution in [0.15, 0.2) is 0 Å². The maximum atomic E-state index is 8.72. The van der Waals surface area contributed by atoms with E-state index in [0.29, 0.717) is 24.0 Å². The smallest absolute Gasteiger partial charge is 0.0885 e. The van der Waals surface area contributed by atoms with Gasteiger partial charge >= 0.3 is 0 Å². The summed E-state index contributed by atoms with van der Waals surface area (Å²) in [4.78, 5) is 0. The van der Waals surface area contributed by atoms with Gasteiger partial charge in [0.05, 0.1) is 24.2 Å². The first-order chi connectivity index (χ1) is 4.90. The van der Waals surface area contributed by atoms with Crippen molar-refractivity contribution in [3.63, 3.8) is 0 Å². The third-order valence-electron chi connectivity index (χ3n) is 3.26. The molecule has 1 aliphatic heterocycles. The van der Waals surface area contributed by atoms with E-state index in [1.165, 1.54) is 6.42 Å². The number of epoxide rings is 1. The van der Waals surface area contributed by atoms with Crippen LogP contribution >= 0.6 is 0 Å². The van der Waals surface area contributed by atoms with Gasteiger partial charge in [-0.3, -0.25) is 0 Å². The van der Waals surface area contributed by atoms with Crippen molar-refractivity contribution in [3.8, 4) is 6.07 Å². The fourth-order valence-corrected chi connectivity index (χ4v) is 2.75. The molecule has 2 bridgehead atoms. The quantitative estimate of drug-likeness (QED) is 0.463. The molecular weight excluding hydrogens is 126 g/mol. The second kappa shape index (κ2) is 1.38. The standard InChI is InChI=1S/C8H9NO/c9-3-5-1-4-2-6(5)8-7(4)10-8/h4-8H,1-2H2/t4-,5+,6-,7+,8+/m0/s1. The molecule has 2 nitrogen and oxygen atoms in total. The van der Waals surface area contributed by atoms with Crippen LogP contribution in [0.5, 0.6) is 0 Å². The minimum absolute atomic E-state index is 0.328. The lowest BCUT2D eigenvalue weighted by molar-refractivity contribution is 0.259. The predicted octanol–water partition coefficient (Wildman–Crippen LogP) is 0.933. The maximum Gasteiger partial charge on any atom is 0.0885 e. The first-order valence-electron chi connectivity index (χ1n) is 3.95. The lowest BCUT2D eigenvalue weighted by Crippen LogP contribution is -2.15. The van der Waals surface area contributed by atoms with Crippen LogP contribution in [0.1, 0.15) is 12.8 Å². The Morgan fingerprint density at radius 1 is 1.30 bits per heavy atom. The summed E-state index contributed by atoms with van der Waals surface area (Å²) in [5.74, 6) is 1.69. The molecule has 1 saturated heterocycles. The van der Waals surface area contributed by atoms with E-state index in [1.807, 2.05) is 0 Å². The largest absolute Gasteiger partial charge is 0.369 e. The fourth-order valence-electron chi connectivity index (χ4n) is 2.75. The van der Waals surface area contributed by atoms with Crippen molar-refractivity contribution in [1.82, 2.24) is 0 Å². The second-order valence-electron chi connectivity index (χ2n) is 3.70. The topological polar surface area (TPSA) is 36.3 Å². The molecular formula is C8H9NO. The van der Waals surface area contributed by atoms with Crippen molar-refractivity contribution in [2.24, 2.45) is 17.8 Å². The molecule has 0 aromatic carbocycles. The highest BCUT2D eigenvalue weighted by Gasteiger charge is 2.63. The molecule has 3 fully saturated rings. The van der Waals surface area contributed by atoms with Gasteiger partial charge in [0, 0.05) is 5.92 Å². The minimum atomic E-state index is 0.328. The Bertz CT molecular complexity index is 220. The van der Waals surface area contributed by atoms with Crippen molar-refractivity contribution in [3.05, 3.63) is 0 Å². The van der Waals surface area contributed by atoms with E-state index in [0.717, 1.165) is 12.3 Å². The summed E-state index contributed by atoms with van der Waals surface area (Å²) in [6.45, 7) is 0. The third-order valence-corrected chi connectivity index (χ3v) is 3.26. The van der Waals surface area contributed by atoms with Gasteiger partial charge in [0.2, 0.25) is 0 Å². The second-order valence-corrected chi connectivity index (χ2v) is 3.70. The van der Waals surface area contributed by atoms with Gasteiger partial charge in [-0.2, -0.15) is 5.26 Å². The normalized spacial score (nSPS) is 61.7. The summed E-state index contributed by atoms with van der Waals surface area (Å²) in [5.41, 5.74) is 0. The van der Waals surface area contributed by atoms with Gasteiger partial charge in [0.1, 0.15) is 0 Å². The summed E-state index contributed by atoms with van der Waals surface area (Å²) >= 11 is 0. The van der Waals surface area contributed by atoms with Crippen LogP contribution in [0, 0.1) is 29.1 Å². The molecule has 52 valence electrons. The van der Waals surface area contributed by atoms with Crippen LogP contribution in [-0.4, -0.2) is 12.2 Å². The molecule has 0 aromatic rings. The number of nitrogens with zero attached hydrogens (tertiary/aromatic N) is 1. The molecule has 5 atom stereocenters. The lowest BCUT2D eigenvalue weighted by Gasteiger charge is -2.09. The average Bonchev–Trinajstić information content (AvgIpc) is 2.58. The van der Waals surface area contributed by atoms with Crippen LogP contribution in [0.2, 0.25) is 0 Å². The molecule has 2 aliphatic carbocycles. The molecule has 3 aliphatic rings. The van der Waals surface area contributed by atoms with E-state index in [4.69, 9.17) is 10.00 Å². The highest BCUT2D eigenvalue weighted by Crippen LogP contribution is 2.58. The summed E-state index contributed by atoms with van der Waals surface area (Å²) in [6.07, 6.45) is 3.47. The van der Waals surface area contributed by atoms with E-state index in [-0.39, 0.29) is 0 Å². The summed E-state index contributed by atoms with van der Waals surface area (Å²) < 4.78 is 5.42. The van der Waals surface area contributed by atoms with Gasteiger partial charge in [-0.15, -0.1) is 0 Å². The number of fused-ring (bicyclic) bond motifs is 5. The fraction of sp³-hybridized carbons (Fsp3) is 0.875. The molecule has 1 heterocycles. The van der Waals surface area contributed by atoms with Crippen molar-refractivity contribution in [2.75, 3.05) is 0 Å². The summed E-state index contributed by atoms with van der Waals surface area (Å²) in [5, 5.41) is 8.72. The third kappa shape index (κ3) is 0.411. The zero-order valence-electron chi connectivity index (χ0n) is 5.66. The zero-order chi connectivity index (χ0) is 6.72. The Kier molecular flexibility index (Phi) is 0.709. The summed E-state index contributed by atoms with van der Waals surface area (Å²) in [6, 6.07) is 2.37. The van der Waals surface area contributed by atoms with Crippen molar-refractivity contribution in [2.45, 2.75) is 25.0 Å². The highest BCUT2D eigenvalue weighted by molar-refractivity contribution is 5.14. The van der Waals surface area contributed by atoms with Gasteiger partial charge in [-0.1, -0.05) is 0 Å². The van der Waals surface area contributed by atoms with E-state index in [9.17, 15) is 0 Å². The van der Waals surface area contributed by atoms with E-state index < -0.39 is 0 Å². The van der Waals surface area contributed by atoms with Crippen molar-refractivity contribution in [1.29, 1.82) is 5.26 Å². The molecule has 2 saturated carbocycles. The molecule has 0 N–H and O–H groups in total. The molecule has 3 rings (SSSR count). The number of rotatable bonds is 0. The first kappa shape index (κ1) is 5.15. The van der Waals surface area contributed by atoms with Crippen LogP contribution < -0.4 is 0 Å². The number of hydrogen-bond donors (Lipinski definition) is 0. The minimum Gasteiger partial charge on any atom is -0.369 e. The Labute approximate surface area is 59.8 Å². The van der Waals surface area contributed by atoms with Crippen LogP contribution in [0.25, 0.3) is 0 Å². The average molecular weight is 135 g/mol. The van der Waals surface area contributed by atoms with Gasteiger partial charge in [0.25, 0.3) is 0 Å². The van der Waals surface area contributed by atoms with Gasteiger partial charge < -0.3 is 4.74 Å². The van der Waals surface area contributed by atoms with Crippen LogP contribution in [0.3, 0.4) is 0 Å². The number of nitriles is 1. The molecule has 0 unspecified atom stereocenters. The van der Waals surface area contributed by atoms with Crippen molar-refractivity contribution >= 4 is 0 Å². The highest BCUT2D eigenvalue weighted by atomic mass is 16.6. The van der Waals surface area contributed by atoms with Gasteiger partial charge in [-0.25, -0.2) is 0 Å². The summed E-state index contributed by atoms with van der Waals surface area (Å²) in [7, 11) is 0. The Morgan fingerprint density at radius 3 is 2.80 bits per heavy atom. The molecule has 0 spiro atoms. The number of ether oxygens (including phenoxy) is 1. The Balaban J connectivity index is 1.93. The molecule has 0 aromatic heterocycles. The molecule has 10 heavy (non-hydrogen) atoms. The SMILES string of the molecule is N#C[C@H]1C[C@H]2C[C@@H]1[C@H]1O[C@H]21. The van der Waals surface area contributed by atoms with Gasteiger partial charge in [0.15, 0.2) is 0 Å². The lowest BCUT2D eigenvalue weighted by atomic mass is 9.90. The molecule has 2 heteroatoms. The number of hydrogen-bond acceptors (Lipinski definition) is 2. The van der Waals surface area contributed by atoms with Crippen LogP contribution in [-0.2, 0) is 4.74 Å².